The van der Waals surface area contributed by atoms with E-state index in [1.54, 1.807) is 18.2 Å². The molecule has 0 N–H and O–H groups in total. The highest BCUT2D eigenvalue weighted by Gasteiger charge is 2.12. The van der Waals surface area contributed by atoms with E-state index in [9.17, 15) is 9.59 Å². The highest BCUT2D eigenvalue weighted by Crippen LogP contribution is 2.13. The minimum atomic E-state index is -0.362. The van der Waals surface area contributed by atoms with E-state index in [2.05, 4.69) is 4.98 Å². The molecule has 0 radical (unpaired) electrons. The number of hydrogen-bond acceptors (Lipinski definition) is 4. The molecular weight excluding hydrogens is 268 g/mol. The van der Waals surface area contributed by atoms with E-state index in [0.29, 0.717) is 18.7 Å². The fourth-order valence-electron chi connectivity index (χ4n) is 2.24. The van der Waals surface area contributed by atoms with E-state index < -0.39 is 0 Å². The second-order valence-electron chi connectivity index (χ2n) is 5.04. The molecule has 0 atom stereocenters. The van der Waals surface area contributed by atoms with Crippen molar-refractivity contribution in [3.05, 3.63) is 35.8 Å². The standard InChI is InChI=1S/C16H20N2O3/c1-3-21-16(20)14-11-17-15-10-13(8-9-18(14)15)7-5-4-6-12(2)19/h8-11H,3-7H2,1-2H3. The summed E-state index contributed by atoms with van der Waals surface area (Å²) in [6.07, 6.45) is 6.80. The molecule has 5 heteroatoms. The van der Waals surface area contributed by atoms with Gasteiger partial charge in [-0.2, -0.15) is 0 Å². The van der Waals surface area contributed by atoms with Gasteiger partial charge in [0, 0.05) is 12.6 Å². The van der Waals surface area contributed by atoms with Gasteiger partial charge in [0.15, 0.2) is 5.69 Å². The number of esters is 1. The van der Waals surface area contributed by atoms with E-state index in [-0.39, 0.29) is 11.8 Å². The Balaban J connectivity index is 2.05. The minimum absolute atomic E-state index is 0.234. The topological polar surface area (TPSA) is 60.7 Å². The fourth-order valence-corrected chi connectivity index (χ4v) is 2.24. The van der Waals surface area contributed by atoms with Crippen LogP contribution in [0.2, 0.25) is 0 Å². The summed E-state index contributed by atoms with van der Waals surface area (Å²) in [4.78, 5) is 26.9. The lowest BCUT2D eigenvalue weighted by Crippen LogP contribution is -2.07. The van der Waals surface area contributed by atoms with Crippen molar-refractivity contribution in [2.24, 2.45) is 0 Å². The molecule has 2 heterocycles. The predicted octanol–water partition coefficient (Wildman–Crippen LogP) is 2.81. The molecule has 0 aromatic carbocycles. The molecule has 0 amide bonds. The molecule has 5 nitrogen and oxygen atoms in total. The van der Waals surface area contributed by atoms with Gasteiger partial charge in [0.2, 0.25) is 0 Å². The van der Waals surface area contributed by atoms with Gasteiger partial charge in [0.05, 0.1) is 12.8 Å². The summed E-state index contributed by atoms with van der Waals surface area (Å²) in [6.45, 7) is 3.74. The Morgan fingerprint density at radius 2 is 2.14 bits per heavy atom. The number of aryl methyl sites for hydroxylation is 1. The van der Waals surface area contributed by atoms with Gasteiger partial charge in [-0.3, -0.25) is 4.40 Å². The number of aromatic nitrogens is 2. The summed E-state index contributed by atoms with van der Waals surface area (Å²) >= 11 is 0. The molecule has 21 heavy (non-hydrogen) atoms. The van der Waals surface area contributed by atoms with Crippen molar-refractivity contribution in [2.75, 3.05) is 6.61 Å². The van der Waals surface area contributed by atoms with Gasteiger partial charge < -0.3 is 9.53 Å². The normalized spacial score (nSPS) is 10.8. The maximum absolute atomic E-state index is 11.8. The molecule has 0 saturated carbocycles. The maximum Gasteiger partial charge on any atom is 0.356 e. The average Bonchev–Trinajstić information content (AvgIpc) is 2.87. The number of carbonyl (C=O) groups excluding carboxylic acids is 2. The average molecular weight is 288 g/mol. The molecule has 0 aliphatic rings. The van der Waals surface area contributed by atoms with Crippen molar-refractivity contribution in [3.63, 3.8) is 0 Å². The number of nitrogens with zero attached hydrogens (tertiary/aromatic N) is 2. The van der Waals surface area contributed by atoms with Crippen LogP contribution in [0, 0.1) is 0 Å². The van der Waals surface area contributed by atoms with Crippen molar-refractivity contribution in [1.29, 1.82) is 0 Å². The predicted molar refractivity (Wildman–Crippen MR) is 79.4 cm³/mol. The van der Waals surface area contributed by atoms with Crippen LogP contribution in [-0.2, 0) is 16.0 Å². The van der Waals surface area contributed by atoms with Gasteiger partial charge in [-0.05, 0) is 50.8 Å². The lowest BCUT2D eigenvalue weighted by atomic mass is 10.1. The van der Waals surface area contributed by atoms with Gasteiger partial charge in [0.25, 0.3) is 0 Å². The number of Topliss-reactive ketones (excluding diaryl/α,β-unsaturated/α-hetero) is 1. The molecular formula is C16H20N2O3. The molecule has 2 aromatic heterocycles. The van der Waals surface area contributed by atoms with Gasteiger partial charge >= 0.3 is 5.97 Å². The number of carbonyl (C=O) groups is 2. The van der Waals surface area contributed by atoms with Crippen LogP contribution in [0.1, 0.15) is 49.2 Å². The molecule has 2 rings (SSSR count). The van der Waals surface area contributed by atoms with E-state index in [4.69, 9.17) is 4.74 Å². The second kappa shape index (κ2) is 7.02. The van der Waals surface area contributed by atoms with Gasteiger partial charge in [-0.25, -0.2) is 9.78 Å². The zero-order valence-corrected chi connectivity index (χ0v) is 12.5. The summed E-state index contributed by atoms with van der Waals surface area (Å²) in [5.74, 6) is -0.128. The maximum atomic E-state index is 11.8. The lowest BCUT2D eigenvalue weighted by molar-refractivity contribution is -0.117. The van der Waals surface area contributed by atoms with Crippen molar-refractivity contribution < 1.29 is 14.3 Å². The number of rotatable bonds is 7. The molecule has 0 bridgehead atoms. The Bertz CT molecular complexity index is 646. The zero-order chi connectivity index (χ0) is 15.2. The summed E-state index contributed by atoms with van der Waals surface area (Å²) in [7, 11) is 0. The van der Waals surface area contributed by atoms with Crippen LogP contribution >= 0.6 is 0 Å². The van der Waals surface area contributed by atoms with Crippen molar-refractivity contribution in [2.45, 2.75) is 39.5 Å². The molecule has 0 aliphatic heterocycles. The molecule has 0 unspecified atom stereocenters. The Morgan fingerprint density at radius 1 is 1.33 bits per heavy atom. The highest BCUT2D eigenvalue weighted by atomic mass is 16.5. The minimum Gasteiger partial charge on any atom is -0.461 e. The van der Waals surface area contributed by atoms with Crippen LogP contribution in [0.3, 0.4) is 0 Å². The lowest BCUT2D eigenvalue weighted by Gasteiger charge is -2.04. The third-order valence-electron chi connectivity index (χ3n) is 3.31. The van der Waals surface area contributed by atoms with E-state index in [1.807, 2.05) is 18.3 Å². The molecule has 0 fully saturated rings. The monoisotopic (exact) mass is 288 g/mol. The Hall–Kier alpha value is -2.17. The van der Waals surface area contributed by atoms with Crippen LogP contribution < -0.4 is 0 Å². The van der Waals surface area contributed by atoms with Crippen LogP contribution in [0.25, 0.3) is 5.65 Å². The highest BCUT2D eigenvalue weighted by molar-refractivity contribution is 5.88. The molecule has 0 saturated heterocycles. The van der Waals surface area contributed by atoms with Crippen LogP contribution in [-0.4, -0.2) is 27.7 Å². The number of ether oxygens (including phenoxy) is 1. The van der Waals surface area contributed by atoms with Gasteiger partial charge in [-0.1, -0.05) is 0 Å². The summed E-state index contributed by atoms with van der Waals surface area (Å²) in [5, 5.41) is 0. The fraction of sp³-hybridized carbons (Fsp3) is 0.438. The number of hydrogen-bond donors (Lipinski definition) is 0. The third-order valence-corrected chi connectivity index (χ3v) is 3.31. The first-order valence-electron chi connectivity index (χ1n) is 7.24. The summed E-state index contributed by atoms with van der Waals surface area (Å²) in [6, 6.07) is 3.95. The van der Waals surface area contributed by atoms with E-state index in [0.717, 1.165) is 30.5 Å². The van der Waals surface area contributed by atoms with E-state index >= 15 is 0 Å². The summed E-state index contributed by atoms with van der Waals surface area (Å²) < 4.78 is 6.73. The largest absolute Gasteiger partial charge is 0.461 e. The second-order valence-corrected chi connectivity index (χ2v) is 5.04. The van der Waals surface area contributed by atoms with Gasteiger partial charge in [-0.15, -0.1) is 0 Å². The number of ketones is 1. The molecule has 0 aliphatic carbocycles. The summed E-state index contributed by atoms with van der Waals surface area (Å²) in [5.41, 5.74) is 2.34. The van der Waals surface area contributed by atoms with Crippen molar-refractivity contribution in [3.8, 4) is 0 Å². The number of fused-ring (bicyclic) bond motifs is 1. The zero-order valence-electron chi connectivity index (χ0n) is 12.5. The first kappa shape index (κ1) is 15.2. The number of pyridine rings is 1. The van der Waals surface area contributed by atoms with Gasteiger partial charge in [0.1, 0.15) is 11.4 Å². The molecule has 2 aromatic rings. The first-order chi connectivity index (χ1) is 10.1. The SMILES string of the molecule is CCOC(=O)c1cnc2cc(CCCCC(C)=O)ccn12. The number of unbranched alkanes of at least 4 members (excludes halogenated alkanes) is 1. The third kappa shape index (κ3) is 3.90. The van der Waals surface area contributed by atoms with Crippen LogP contribution in [0.15, 0.2) is 24.5 Å². The first-order valence-corrected chi connectivity index (χ1v) is 7.24. The van der Waals surface area contributed by atoms with Crippen LogP contribution in [0.4, 0.5) is 0 Å². The molecule has 0 spiro atoms. The van der Waals surface area contributed by atoms with Crippen molar-refractivity contribution >= 4 is 17.4 Å². The smallest absolute Gasteiger partial charge is 0.356 e. The quantitative estimate of drug-likeness (QED) is 0.580. The van der Waals surface area contributed by atoms with Crippen LogP contribution in [0.5, 0.6) is 0 Å². The number of imidazole rings is 1. The Morgan fingerprint density at radius 3 is 2.86 bits per heavy atom. The Labute approximate surface area is 123 Å². The Kier molecular flexibility index (Phi) is 5.09. The van der Waals surface area contributed by atoms with E-state index in [1.165, 1.54) is 6.20 Å². The molecule has 112 valence electrons. The van der Waals surface area contributed by atoms with Crippen molar-refractivity contribution in [1.82, 2.24) is 9.38 Å².